The summed E-state index contributed by atoms with van der Waals surface area (Å²) in [6, 6.07) is -0.372. The van der Waals surface area contributed by atoms with E-state index in [1.165, 1.54) is 57.8 Å². The first-order chi connectivity index (χ1) is 11.5. The van der Waals surface area contributed by atoms with Gasteiger partial charge in [-0.1, -0.05) is 78.6 Å². The van der Waals surface area contributed by atoms with E-state index in [9.17, 15) is 4.79 Å². The van der Waals surface area contributed by atoms with Gasteiger partial charge in [0.25, 0.3) is 0 Å². The molecule has 3 N–H and O–H groups in total. The first-order valence-electron chi connectivity index (χ1n) is 9.49. The number of carbonyl (C=O) groups is 1. The lowest BCUT2D eigenvalue weighted by Gasteiger charge is -2.16. The Bertz CT molecular complexity index is 314. The summed E-state index contributed by atoms with van der Waals surface area (Å²) in [5.41, 5.74) is 0. The van der Waals surface area contributed by atoms with Crippen molar-refractivity contribution in [2.24, 2.45) is 5.92 Å². The van der Waals surface area contributed by atoms with E-state index in [2.05, 4.69) is 26.1 Å². The predicted octanol–water partition coefficient (Wildman–Crippen LogP) is 4.90. The Morgan fingerprint density at radius 1 is 1.00 bits per heavy atom. The maximum Gasteiger partial charge on any atom is 0.320 e. The zero-order valence-electron chi connectivity index (χ0n) is 15.9. The van der Waals surface area contributed by atoms with Crippen LogP contribution in [0.3, 0.4) is 0 Å². The van der Waals surface area contributed by atoms with Crippen LogP contribution in [0, 0.1) is 11.3 Å². The van der Waals surface area contributed by atoms with E-state index >= 15 is 0 Å². The maximum absolute atomic E-state index is 11.1. The van der Waals surface area contributed by atoms with Gasteiger partial charge >= 0.3 is 5.97 Å². The number of aliphatic carboxylic acids is 1. The Morgan fingerprint density at radius 2 is 1.42 bits per heavy atom. The summed E-state index contributed by atoms with van der Waals surface area (Å²) in [5.74, 6) is -0.290. The fraction of sp³-hybridized carbons (Fsp3) is 0.895. The summed E-state index contributed by atoms with van der Waals surface area (Å²) in [6.07, 6.45) is 14.6. The Hall–Kier alpha value is -1.19. The molecule has 0 fully saturated rings. The molecule has 0 spiro atoms. The fourth-order valence-electron chi connectivity index (χ4n) is 2.63. The second kappa shape index (κ2) is 19.9. The van der Waals surface area contributed by atoms with Crippen molar-refractivity contribution in [3.05, 3.63) is 0 Å². The number of rotatable bonds is 15. The van der Waals surface area contributed by atoms with Crippen LogP contribution in [0.5, 0.6) is 0 Å². The van der Waals surface area contributed by atoms with Crippen LogP contribution in [0.1, 0.15) is 91.4 Å². The van der Waals surface area contributed by atoms with Gasteiger partial charge in [-0.05, 0) is 25.3 Å². The molecule has 5 nitrogen and oxygen atoms in total. The van der Waals surface area contributed by atoms with E-state index < -0.39 is 5.97 Å². The minimum atomic E-state index is -0.712. The Morgan fingerprint density at radius 3 is 1.79 bits per heavy atom. The van der Waals surface area contributed by atoms with Gasteiger partial charge in [0.2, 0.25) is 6.08 Å². The van der Waals surface area contributed by atoms with Crippen LogP contribution in [-0.4, -0.2) is 29.7 Å². The average molecular weight is 343 g/mol. The van der Waals surface area contributed by atoms with Gasteiger partial charge in [-0.3, -0.25) is 4.79 Å². The number of carbonyl (C=O) groups excluding carboxylic acids is 1. The lowest BCUT2D eigenvalue weighted by Crippen LogP contribution is -2.38. The molecule has 0 aromatic carbocycles. The zero-order chi connectivity index (χ0) is 18.6. The lowest BCUT2D eigenvalue weighted by atomic mass is 10.0. The van der Waals surface area contributed by atoms with Crippen LogP contribution >= 0.6 is 0 Å². The summed E-state index contributed by atoms with van der Waals surface area (Å²) in [5, 5.41) is 17.7. The van der Waals surface area contributed by atoms with Crippen molar-refractivity contribution in [3.8, 4) is 0 Å². The molecule has 0 saturated carbocycles. The Kier molecular flexibility index (Phi) is 20.7. The Labute approximate surface area is 148 Å². The molecule has 142 valence electrons. The molecule has 1 atom stereocenters. The van der Waals surface area contributed by atoms with Crippen LogP contribution < -0.4 is 5.32 Å². The highest BCUT2D eigenvalue weighted by atomic mass is 16.4. The van der Waals surface area contributed by atoms with E-state index in [0.717, 1.165) is 19.0 Å². The highest BCUT2D eigenvalue weighted by Gasteiger charge is 2.17. The molecule has 5 heteroatoms. The molecule has 0 aromatic rings. The molecule has 24 heavy (non-hydrogen) atoms. The van der Waals surface area contributed by atoms with Gasteiger partial charge < -0.3 is 10.4 Å². The number of isocyanates is 1. The predicted molar refractivity (Wildman–Crippen MR) is 99.1 cm³/mol. The monoisotopic (exact) mass is 342 g/mol. The van der Waals surface area contributed by atoms with Crippen molar-refractivity contribution in [1.29, 1.82) is 5.41 Å². The third-order valence-corrected chi connectivity index (χ3v) is 3.93. The molecule has 0 aliphatic carbocycles. The van der Waals surface area contributed by atoms with Crippen LogP contribution in [0.2, 0.25) is 0 Å². The normalized spacial score (nSPS) is 11.5. The minimum Gasteiger partial charge on any atom is -0.480 e. The topological polar surface area (TPSA) is 90.2 Å². The molecular weight excluding hydrogens is 304 g/mol. The first-order valence-corrected chi connectivity index (χ1v) is 9.49. The third kappa shape index (κ3) is 20.8. The van der Waals surface area contributed by atoms with Gasteiger partial charge in [-0.15, -0.1) is 0 Å². The molecule has 0 rings (SSSR count). The standard InChI is InChI=1S/C18H37NO2.CHNO/c1-4-5-6-7-8-9-10-11-12-13-14-19-17(18(20)21)15-16(2)3;2-1-3/h16-17,19H,4-15H2,1-3H3,(H,20,21);2H. The molecule has 0 aromatic heterocycles. The van der Waals surface area contributed by atoms with Gasteiger partial charge in [0.15, 0.2) is 0 Å². The molecule has 1 unspecified atom stereocenters. The second-order valence-corrected chi connectivity index (χ2v) is 6.76. The molecule has 0 bridgehead atoms. The number of carboxylic acid groups (broad SMARTS) is 1. The highest BCUT2D eigenvalue weighted by molar-refractivity contribution is 5.73. The van der Waals surface area contributed by atoms with Gasteiger partial charge in [0, 0.05) is 0 Å². The molecule has 0 amide bonds. The summed E-state index contributed by atoms with van der Waals surface area (Å²) in [6.45, 7) is 7.22. The van der Waals surface area contributed by atoms with Crippen LogP contribution in [0.15, 0.2) is 0 Å². The van der Waals surface area contributed by atoms with Crippen molar-refractivity contribution in [3.63, 3.8) is 0 Å². The van der Waals surface area contributed by atoms with Crippen molar-refractivity contribution in [2.45, 2.75) is 97.4 Å². The van der Waals surface area contributed by atoms with Gasteiger partial charge in [-0.2, -0.15) is 0 Å². The fourth-order valence-corrected chi connectivity index (χ4v) is 2.63. The third-order valence-electron chi connectivity index (χ3n) is 3.93. The van der Waals surface area contributed by atoms with Crippen LogP contribution in [-0.2, 0) is 9.59 Å². The first kappa shape index (κ1) is 25.1. The van der Waals surface area contributed by atoms with Crippen LogP contribution in [0.25, 0.3) is 0 Å². The maximum atomic E-state index is 11.1. The zero-order valence-corrected chi connectivity index (χ0v) is 15.9. The summed E-state index contributed by atoms with van der Waals surface area (Å²) in [7, 11) is 0. The number of hydrogen-bond acceptors (Lipinski definition) is 4. The number of carboxylic acids is 1. The van der Waals surface area contributed by atoms with E-state index in [4.69, 9.17) is 15.3 Å². The largest absolute Gasteiger partial charge is 0.480 e. The molecule has 0 aliphatic rings. The van der Waals surface area contributed by atoms with E-state index in [1.54, 1.807) is 0 Å². The molecule has 0 saturated heterocycles. The van der Waals surface area contributed by atoms with Gasteiger partial charge in [-0.25, -0.2) is 10.2 Å². The SMILES string of the molecule is CCCCCCCCCCCCNC(CC(C)C)C(=O)O.N=C=O. The number of unbranched alkanes of at least 4 members (excludes halogenated alkanes) is 9. The smallest absolute Gasteiger partial charge is 0.320 e. The van der Waals surface area contributed by atoms with E-state index in [-0.39, 0.29) is 6.04 Å². The molecule has 0 radical (unpaired) electrons. The van der Waals surface area contributed by atoms with Crippen LogP contribution in [0.4, 0.5) is 0 Å². The Balaban J connectivity index is 0. The summed E-state index contributed by atoms with van der Waals surface area (Å²) < 4.78 is 0. The van der Waals surface area contributed by atoms with Crippen molar-refractivity contribution < 1.29 is 14.7 Å². The summed E-state index contributed by atoms with van der Waals surface area (Å²) >= 11 is 0. The van der Waals surface area contributed by atoms with Gasteiger partial charge in [0.05, 0.1) is 0 Å². The van der Waals surface area contributed by atoms with Gasteiger partial charge in [0.1, 0.15) is 6.04 Å². The average Bonchev–Trinajstić information content (AvgIpc) is 2.51. The minimum absolute atomic E-state index is 0.372. The van der Waals surface area contributed by atoms with E-state index in [0.29, 0.717) is 12.3 Å². The molecule has 0 aliphatic heterocycles. The molecule has 0 heterocycles. The number of hydrogen-bond donors (Lipinski definition) is 3. The van der Waals surface area contributed by atoms with E-state index in [1.807, 2.05) is 0 Å². The summed E-state index contributed by atoms with van der Waals surface area (Å²) in [4.78, 5) is 19.4. The van der Waals surface area contributed by atoms with Crippen molar-refractivity contribution in [2.75, 3.05) is 6.54 Å². The second-order valence-electron chi connectivity index (χ2n) is 6.76. The molecular formula is C19H38N2O3. The number of nitrogens with one attached hydrogen (secondary N) is 2. The highest BCUT2D eigenvalue weighted by Crippen LogP contribution is 2.10. The van der Waals surface area contributed by atoms with Crippen molar-refractivity contribution >= 4 is 12.0 Å². The van der Waals surface area contributed by atoms with Crippen molar-refractivity contribution in [1.82, 2.24) is 5.32 Å². The lowest BCUT2D eigenvalue weighted by molar-refractivity contribution is -0.139. The quantitative estimate of drug-likeness (QED) is 0.224.